The summed E-state index contributed by atoms with van der Waals surface area (Å²) in [6.07, 6.45) is 0. The molecule has 7 heteroatoms. The Kier molecular flexibility index (Phi) is 4.66. The topological polar surface area (TPSA) is 56.1 Å². The average Bonchev–Trinajstić information content (AvgIpc) is 3.00. The number of benzene rings is 1. The molecule has 0 spiro atoms. The fraction of sp³-hybridized carbons (Fsp3) is 0.562. The molecule has 1 aromatic carbocycles. The Bertz CT molecular complexity index is 643. The molecule has 0 bridgehead atoms. The summed E-state index contributed by atoms with van der Waals surface area (Å²) in [6.45, 7) is 9.46. The van der Waals surface area contributed by atoms with Gasteiger partial charge in [0.05, 0.1) is 24.8 Å². The maximum Gasteiger partial charge on any atom is 0.173 e. The molecule has 1 fully saturated rings. The number of halogens is 1. The Labute approximate surface area is 141 Å². The van der Waals surface area contributed by atoms with E-state index in [-0.39, 0.29) is 11.6 Å². The second-order valence-electron chi connectivity index (χ2n) is 6.72. The van der Waals surface area contributed by atoms with E-state index in [1.54, 1.807) is 0 Å². The maximum absolute atomic E-state index is 6.05. The molecule has 1 aliphatic heterocycles. The minimum Gasteiger partial charge on any atom is -0.379 e. The van der Waals surface area contributed by atoms with Gasteiger partial charge in [0.1, 0.15) is 0 Å². The van der Waals surface area contributed by atoms with Crippen molar-refractivity contribution in [2.24, 2.45) is 0 Å². The van der Waals surface area contributed by atoms with Gasteiger partial charge in [0.15, 0.2) is 5.82 Å². The van der Waals surface area contributed by atoms with Crippen LogP contribution in [0.5, 0.6) is 0 Å². The highest BCUT2D eigenvalue weighted by Crippen LogP contribution is 2.30. The third kappa shape index (κ3) is 3.54. The first-order valence-corrected chi connectivity index (χ1v) is 8.20. The van der Waals surface area contributed by atoms with E-state index in [0.29, 0.717) is 0 Å². The monoisotopic (exact) mass is 335 g/mol. The normalized spacial score (nSPS) is 18.1. The van der Waals surface area contributed by atoms with Gasteiger partial charge in [-0.05, 0) is 48.9 Å². The summed E-state index contributed by atoms with van der Waals surface area (Å²) in [5.74, 6) is 0.849. The number of tetrazole rings is 1. The van der Waals surface area contributed by atoms with Crippen LogP contribution in [0.15, 0.2) is 24.3 Å². The highest BCUT2D eigenvalue weighted by atomic mass is 35.5. The Morgan fingerprint density at radius 2 is 1.78 bits per heavy atom. The molecule has 23 heavy (non-hydrogen) atoms. The number of ether oxygens (including phenoxy) is 1. The van der Waals surface area contributed by atoms with Gasteiger partial charge in [-0.2, -0.15) is 0 Å². The quantitative estimate of drug-likeness (QED) is 0.862. The Balaban J connectivity index is 2.05. The molecule has 1 saturated heterocycles. The lowest BCUT2D eigenvalue weighted by molar-refractivity contribution is 0.0208. The van der Waals surface area contributed by atoms with Gasteiger partial charge >= 0.3 is 0 Å². The van der Waals surface area contributed by atoms with Crippen molar-refractivity contribution in [3.05, 3.63) is 40.7 Å². The first-order valence-electron chi connectivity index (χ1n) is 7.83. The van der Waals surface area contributed by atoms with Gasteiger partial charge in [0.2, 0.25) is 0 Å². The van der Waals surface area contributed by atoms with Crippen molar-refractivity contribution in [2.75, 3.05) is 26.3 Å². The number of hydrogen-bond acceptors (Lipinski definition) is 5. The predicted octanol–water partition coefficient (Wildman–Crippen LogP) is 2.50. The van der Waals surface area contributed by atoms with Crippen molar-refractivity contribution in [3.63, 3.8) is 0 Å². The second-order valence-corrected chi connectivity index (χ2v) is 7.16. The summed E-state index contributed by atoms with van der Waals surface area (Å²) in [7, 11) is 0. The Morgan fingerprint density at radius 1 is 1.13 bits per heavy atom. The predicted molar refractivity (Wildman–Crippen MR) is 88.5 cm³/mol. The van der Waals surface area contributed by atoms with Crippen LogP contribution in [-0.4, -0.2) is 51.4 Å². The van der Waals surface area contributed by atoms with Crippen LogP contribution in [0.2, 0.25) is 5.02 Å². The van der Waals surface area contributed by atoms with Crippen LogP contribution in [0.1, 0.15) is 38.2 Å². The zero-order chi connectivity index (χ0) is 16.4. The number of rotatable bonds is 3. The van der Waals surface area contributed by atoms with E-state index in [1.807, 2.05) is 28.9 Å². The standard InChI is InChI=1S/C16H22ClN5O/c1-16(2,3)22-15(18-19-20-22)14(21-8-10-23-11-9-21)12-4-6-13(17)7-5-12/h4-7,14H,8-11H2,1-3H3/t14-/m0/s1. The maximum atomic E-state index is 6.05. The van der Waals surface area contributed by atoms with Crippen LogP contribution in [0.25, 0.3) is 0 Å². The lowest BCUT2D eigenvalue weighted by atomic mass is 10.0. The van der Waals surface area contributed by atoms with Gasteiger partial charge in [0, 0.05) is 18.1 Å². The molecule has 0 aliphatic carbocycles. The summed E-state index contributed by atoms with van der Waals surface area (Å²) in [5, 5.41) is 13.2. The molecule has 0 N–H and O–H groups in total. The highest BCUT2D eigenvalue weighted by Gasteiger charge is 2.32. The average molecular weight is 336 g/mol. The molecule has 3 rings (SSSR count). The Hall–Kier alpha value is -1.50. The molecule has 6 nitrogen and oxygen atoms in total. The van der Waals surface area contributed by atoms with E-state index >= 15 is 0 Å². The lowest BCUT2D eigenvalue weighted by Crippen LogP contribution is -2.41. The third-order valence-electron chi connectivity index (χ3n) is 3.97. The van der Waals surface area contributed by atoms with Crippen LogP contribution < -0.4 is 0 Å². The fourth-order valence-electron chi connectivity index (χ4n) is 2.85. The van der Waals surface area contributed by atoms with Gasteiger partial charge in [0.25, 0.3) is 0 Å². The van der Waals surface area contributed by atoms with Crippen LogP contribution in [-0.2, 0) is 10.3 Å². The summed E-state index contributed by atoms with van der Waals surface area (Å²) < 4.78 is 7.40. The highest BCUT2D eigenvalue weighted by molar-refractivity contribution is 6.30. The summed E-state index contributed by atoms with van der Waals surface area (Å²) in [4.78, 5) is 2.36. The molecule has 2 aromatic rings. The van der Waals surface area contributed by atoms with E-state index in [0.717, 1.165) is 42.7 Å². The van der Waals surface area contributed by atoms with Gasteiger partial charge in [-0.1, -0.05) is 23.7 Å². The van der Waals surface area contributed by atoms with Crippen molar-refractivity contribution in [2.45, 2.75) is 32.4 Å². The van der Waals surface area contributed by atoms with Gasteiger partial charge in [-0.15, -0.1) is 5.10 Å². The van der Waals surface area contributed by atoms with E-state index in [1.165, 1.54) is 0 Å². The molecule has 124 valence electrons. The number of nitrogens with zero attached hydrogens (tertiary/aromatic N) is 5. The Morgan fingerprint density at radius 3 is 2.39 bits per heavy atom. The van der Waals surface area contributed by atoms with Crippen molar-refractivity contribution in [1.82, 2.24) is 25.1 Å². The molecular weight excluding hydrogens is 314 g/mol. The molecule has 0 saturated carbocycles. The summed E-state index contributed by atoms with van der Waals surface area (Å²) in [6, 6.07) is 7.91. The van der Waals surface area contributed by atoms with Crippen LogP contribution in [0, 0.1) is 0 Å². The zero-order valence-electron chi connectivity index (χ0n) is 13.7. The lowest BCUT2D eigenvalue weighted by Gasteiger charge is -2.35. The van der Waals surface area contributed by atoms with Crippen molar-refractivity contribution in [1.29, 1.82) is 0 Å². The van der Waals surface area contributed by atoms with E-state index < -0.39 is 0 Å². The van der Waals surface area contributed by atoms with Crippen molar-refractivity contribution >= 4 is 11.6 Å². The first kappa shape index (κ1) is 16.4. The number of aromatic nitrogens is 4. The van der Waals surface area contributed by atoms with Crippen molar-refractivity contribution < 1.29 is 4.74 Å². The smallest absolute Gasteiger partial charge is 0.173 e. The van der Waals surface area contributed by atoms with Gasteiger partial charge in [-0.25, -0.2) is 4.68 Å². The second kappa shape index (κ2) is 6.55. The largest absolute Gasteiger partial charge is 0.379 e. The van der Waals surface area contributed by atoms with Crippen LogP contribution in [0.4, 0.5) is 0 Å². The SMILES string of the molecule is CC(C)(C)n1nnnc1[C@H](c1ccc(Cl)cc1)N1CCOCC1. The molecule has 1 aromatic heterocycles. The molecular formula is C16H22ClN5O. The number of hydrogen-bond donors (Lipinski definition) is 0. The molecule has 0 amide bonds. The zero-order valence-corrected chi connectivity index (χ0v) is 14.5. The first-order chi connectivity index (χ1) is 11.0. The third-order valence-corrected chi connectivity index (χ3v) is 4.22. The minimum absolute atomic E-state index is 0.00890. The van der Waals surface area contributed by atoms with Crippen molar-refractivity contribution in [3.8, 4) is 0 Å². The molecule has 2 heterocycles. The van der Waals surface area contributed by atoms with Crippen LogP contribution in [0.3, 0.4) is 0 Å². The van der Waals surface area contributed by atoms with Crippen LogP contribution >= 0.6 is 11.6 Å². The summed E-state index contributed by atoms with van der Waals surface area (Å²) in [5.41, 5.74) is 0.951. The minimum atomic E-state index is -0.185. The number of morpholine rings is 1. The van der Waals surface area contributed by atoms with Gasteiger partial charge in [-0.3, -0.25) is 4.90 Å². The van der Waals surface area contributed by atoms with E-state index in [2.05, 4.69) is 41.2 Å². The molecule has 0 radical (unpaired) electrons. The molecule has 1 atom stereocenters. The van der Waals surface area contributed by atoms with Gasteiger partial charge < -0.3 is 4.74 Å². The van der Waals surface area contributed by atoms with E-state index in [4.69, 9.17) is 16.3 Å². The molecule has 1 aliphatic rings. The fourth-order valence-corrected chi connectivity index (χ4v) is 2.97. The summed E-state index contributed by atoms with van der Waals surface area (Å²) >= 11 is 6.05. The van der Waals surface area contributed by atoms with E-state index in [9.17, 15) is 0 Å². The molecule has 0 unspecified atom stereocenters.